The van der Waals surface area contributed by atoms with Crippen LogP contribution in [-0.4, -0.2) is 47.3 Å². The molecule has 4 aromatic rings. The number of aliphatic hydroxyl groups is 2. The molecular formula is C23H25N3O6. The number of rotatable bonds is 9. The summed E-state index contributed by atoms with van der Waals surface area (Å²) in [6, 6.07) is 12.5. The number of fused-ring (bicyclic) bond motifs is 1. The molecule has 32 heavy (non-hydrogen) atoms. The maximum Gasteiger partial charge on any atom is 0.258 e. The quantitative estimate of drug-likeness (QED) is 0.359. The predicted octanol–water partition coefficient (Wildman–Crippen LogP) is 3.09. The molecule has 0 aliphatic carbocycles. The standard InChI is InChI=1S/C23H25N3O6/c1-3-8-30-18-7-5-15(10-19(18)29-2)22-25-21(26-32-22)14-4-6-17-16(9-14)11-20(31-17)23(24,12-27)13-28/h4-7,9-11,27-28H,3,8,12-13,24H2,1-2H3. The highest BCUT2D eigenvalue weighted by Crippen LogP contribution is 2.34. The van der Waals surface area contributed by atoms with Crippen molar-refractivity contribution in [2.75, 3.05) is 26.9 Å². The van der Waals surface area contributed by atoms with E-state index in [1.807, 2.05) is 25.1 Å². The molecule has 0 aliphatic rings. The summed E-state index contributed by atoms with van der Waals surface area (Å²) in [4.78, 5) is 4.50. The van der Waals surface area contributed by atoms with Crippen LogP contribution in [0.15, 0.2) is 51.4 Å². The van der Waals surface area contributed by atoms with Gasteiger partial charge in [0.25, 0.3) is 5.89 Å². The van der Waals surface area contributed by atoms with Gasteiger partial charge in [-0.2, -0.15) is 4.98 Å². The Bertz CT molecular complexity index is 1210. The van der Waals surface area contributed by atoms with Gasteiger partial charge in [0.15, 0.2) is 11.5 Å². The summed E-state index contributed by atoms with van der Waals surface area (Å²) in [6.45, 7) is 1.74. The Hall–Kier alpha value is -3.40. The first-order valence-corrected chi connectivity index (χ1v) is 10.2. The van der Waals surface area contributed by atoms with Crippen LogP contribution in [0.4, 0.5) is 0 Å². The molecule has 0 unspecified atom stereocenters. The lowest BCUT2D eigenvalue weighted by molar-refractivity contribution is 0.105. The van der Waals surface area contributed by atoms with Gasteiger partial charge in [0, 0.05) is 16.5 Å². The van der Waals surface area contributed by atoms with E-state index in [2.05, 4.69) is 10.1 Å². The maximum atomic E-state index is 9.51. The molecule has 0 spiro atoms. The normalized spacial score (nSPS) is 11.8. The van der Waals surface area contributed by atoms with Crippen LogP contribution in [0.2, 0.25) is 0 Å². The van der Waals surface area contributed by atoms with Gasteiger partial charge >= 0.3 is 0 Å². The Morgan fingerprint density at radius 2 is 1.81 bits per heavy atom. The smallest absolute Gasteiger partial charge is 0.258 e. The third kappa shape index (κ3) is 4.05. The minimum Gasteiger partial charge on any atom is -0.493 e. The minimum absolute atomic E-state index is 0.293. The average Bonchev–Trinajstić information content (AvgIpc) is 3.49. The van der Waals surface area contributed by atoms with Crippen LogP contribution < -0.4 is 15.2 Å². The van der Waals surface area contributed by atoms with E-state index >= 15 is 0 Å². The lowest BCUT2D eigenvalue weighted by Gasteiger charge is -2.21. The zero-order valence-corrected chi connectivity index (χ0v) is 17.9. The summed E-state index contributed by atoms with van der Waals surface area (Å²) < 4.78 is 22.3. The van der Waals surface area contributed by atoms with Gasteiger partial charge in [0.2, 0.25) is 5.82 Å². The molecule has 4 rings (SSSR count). The number of ether oxygens (including phenoxy) is 2. The second-order valence-corrected chi connectivity index (χ2v) is 7.47. The number of hydrogen-bond acceptors (Lipinski definition) is 9. The molecule has 9 nitrogen and oxygen atoms in total. The fourth-order valence-corrected chi connectivity index (χ4v) is 3.22. The first kappa shape index (κ1) is 21.8. The molecule has 9 heteroatoms. The van der Waals surface area contributed by atoms with Crippen molar-refractivity contribution >= 4 is 11.0 Å². The van der Waals surface area contributed by atoms with Crippen molar-refractivity contribution in [2.45, 2.75) is 18.9 Å². The summed E-state index contributed by atoms with van der Waals surface area (Å²) >= 11 is 0. The molecule has 2 aromatic carbocycles. The van der Waals surface area contributed by atoms with Crippen LogP contribution in [0.25, 0.3) is 33.8 Å². The van der Waals surface area contributed by atoms with E-state index in [0.717, 1.165) is 11.8 Å². The van der Waals surface area contributed by atoms with E-state index < -0.39 is 18.8 Å². The monoisotopic (exact) mass is 439 g/mol. The SMILES string of the molecule is CCCOc1ccc(-c2nc(-c3ccc4oc(C(N)(CO)CO)cc4c3)no2)cc1OC. The second kappa shape index (κ2) is 8.99. The molecule has 2 heterocycles. The Morgan fingerprint density at radius 3 is 2.53 bits per heavy atom. The number of hydrogen-bond donors (Lipinski definition) is 3. The predicted molar refractivity (Wildman–Crippen MR) is 117 cm³/mol. The van der Waals surface area contributed by atoms with E-state index in [1.165, 1.54) is 0 Å². The molecule has 0 fully saturated rings. The van der Waals surface area contributed by atoms with Gasteiger partial charge < -0.3 is 34.4 Å². The molecule has 0 saturated heterocycles. The highest BCUT2D eigenvalue weighted by Gasteiger charge is 2.30. The lowest BCUT2D eigenvalue weighted by Crippen LogP contribution is -2.43. The number of aliphatic hydroxyl groups excluding tert-OH is 2. The van der Waals surface area contributed by atoms with Gasteiger partial charge in [-0.05, 0) is 48.9 Å². The highest BCUT2D eigenvalue weighted by atomic mass is 16.5. The number of benzene rings is 2. The van der Waals surface area contributed by atoms with Crippen molar-refractivity contribution in [3.63, 3.8) is 0 Å². The van der Waals surface area contributed by atoms with Crippen molar-refractivity contribution in [2.24, 2.45) is 5.73 Å². The van der Waals surface area contributed by atoms with Crippen molar-refractivity contribution in [3.8, 4) is 34.3 Å². The number of aromatic nitrogens is 2. The Kier molecular flexibility index (Phi) is 6.13. The van der Waals surface area contributed by atoms with Gasteiger partial charge in [-0.15, -0.1) is 0 Å². The first-order valence-electron chi connectivity index (χ1n) is 10.2. The number of methoxy groups -OCH3 is 1. The van der Waals surface area contributed by atoms with Crippen molar-refractivity contribution < 1.29 is 28.6 Å². The summed E-state index contributed by atoms with van der Waals surface area (Å²) in [6.07, 6.45) is 0.896. The van der Waals surface area contributed by atoms with Gasteiger partial charge in [0.1, 0.15) is 16.9 Å². The van der Waals surface area contributed by atoms with E-state index in [9.17, 15) is 10.2 Å². The van der Waals surface area contributed by atoms with Crippen molar-refractivity contribution in [3.05, 3.63) is 48.2 Å². The van der Waals surface area contributed by atoms with Crippen LogP contribution >= 0.6 is 0 Å². The highest BCUT2D eigenvalue weighted by molar-refractivity contribution is 5.83. The van der Waals surface area contributed by atoms with E-state index in [0.29, 0.717) is 52.3 Å². The molecule has 0 aliphatic heterocycles. The second-order valence-electron chi connectivity index (χ2n) is 7.47. The molecule has 0 radical (unpaired) electrons. The van der Waals surface area contributed by atoms with E-state index in [-0.39, 0.29) is 0 Å². The third-order valence-electron chi connectivity index (χ3n) is 5.13. The number of nitrogens with zero attached hydrogens (tertiary/aromatic N) is 2. The van der Waals surface area contributed by atoms with Crippen molar-refractivity contribution in [1.29, 1.82) is 0 Å². The zero-order valence-electron chi connectivity index (χ0n) is 17.9. The topological polar surface area (TPSA) is 137 Å². The van der Waals surface area contributed by atoms with E-state index in [4.69, 9.17) is 24.1 Å². The fourth-order valence-electron chi connectivity index (χ4n) is 3.22. The molecular weight excluding hydrogens is 414 g/mol. The maximum absolute atomic E-state index is 9.51. The van der Waals surface area contributed by atoms with Gasteiger partial charge in [-0.25, -0.2) is 0 Å². The Balaban J connectivity index is 1.63. The summed E-state index contributed by atoms with van der Waals surface area (Å²) in [5, 5.41) is 23.8. The molecule has 168 valence electrons. The molecule has 0 bridgehead atoms. The molecule has 0 amide bonds. The van der Waals surface area contributed by atoms with Crippen LogP contribution in [-0.2, 0) is 5.54 Å². The van der Waals surface area contributed by atoms with Gasteiger partial charge in [-0.1, -0.05) is 12.1 Å². The zero-order chi connectivity index (χ0) is 22.7. The minimum atomic E-state index is -1.36. The van der Waals surface area contributed by atoms with Crippen molar-refractivity contribution in [1.82, 2.24) is 10.1 Å². The van der Waals surface area contributed by atoms with Crippen LogP contribution in [0.5, 0.6) is 11.5 Å². The Labute approximate surface area is 184 Å². The molecule has 0 atom stereocenters. The first-order chi connectivity index (χ1) is 15.5. The van der Waals surface area contributed by atoms with Crippen LogP contribution in [0.3, 0.4) is 0 Å². The Morgan fingerprint density at radius 1 is 1.03 bits per heavy atom. The number of furan rings is 1. The van der Waals surface area contributed by atoms with Gasteiger partial charge in [0.05, 0.1) is 26.9 Å². The fraction of sp³-hybridized carbons (Fsp3) is 0.304. The number of nitrogens with two attached hydrogens (primary N) is 1. The van der Waals surface area contributed by atoms with Crippen LogP contribution in [0, 0.1) is 0 Å². The summed E-state index contributed by atoms with van der Waals surface area (Å²) in [7, 11) is 1.58. The molecule has 4 N–H and O–H groups in total. The third-order valence-corrected chi connectivity index (χ3v) is 5.13. The largest absolute Gasteiger partial charge is 0.493 e. The lowest BCUT2D eigenvalue weighted by atomic mass is 10.00. The van der Waals surface area contributed by atoms with Gasteiger partial charge in [-0.3, -0.25) is 0 Å². The average molecular weight is 439 g/mol. The summed E-state index contributed by atoms with van der Waals surface area (Å²) in [5.41, 5.74) is 6.63. The molecule has 2 aromatic heterocycles. The van der Waals surface area contributed by atoms with Crippen LogP contribution in [0.1, 0.15) is 19.1 Å². The molecule has 0 saturated carbocycles. The van der Waals surface area contributed by atoms with E-state index in [1.54, 1.807) is 31.4 Å². The summed E-state index contributed by atoms with van der Waals surface area (Å²) in [5.74, 6) is 2.27.